The molecule has 1 heterocycles. The van der Waals surface area contributed by atoms with E-state index in [0.29, 0.717) is 22.5 Å². The van der Waals surface area contributed by atoms with Gasteiger partial charge in [0.25, 0.3) is 5.56 Å². The van der Waals surface area contributed by atoms with Crippen molar-refractivity contribution in [3.63, 3.8) is 0 Å². The first-order valence-corrected chi connectivity index (χ1v) is 9.16. The van der Waals surface area contributed by atoms with Crippen LogP contribution in [0, 0.1) is 5.92 Å². The highest BCUT2D eigenvalue weighted by Crippen LogP contribution is 2.12. The Bertz CT molecular complexity index is 747. The Hall–Kier alpha value is -1.86. The number of amides is 1. The number of para-hydroxylation sites is 1. The number of aliphatic hydroxyl groups is 1. The Balaban J connectivity index is 1.90. The molecule has 0 aliphatic carbocycles. The largest absolute Gasteiger partial charge is 0.394 e. The molecule has 2 atom stereocenters. The van der Waals surface area contributed by atoms with E-state index in [-0.39, 0.29) is 35.8 Å². The maximum Gasteiger partial charge on any atom is 0.258 e. The van der Waals surface area contributed by atoms with Gasteiger partial charge in [0.05, 0.1) is 35.1 Å². The number of aromatic amines is 1. The molecule has 24 heavy (non-hydrogen) atoms. The minimum absolute atomic E-state index is 0.0645. The molecular weight excluding hydrogens is 326 g/mol. The first-order chi connectivity index (χ1) is 11.5. The van der Waals surface area contributed by atoms with Crippen LogP contribution in [-0.4, -0.2) is 39.4 Å². The Labute approximate surface area is 145 Å². The Morgan fingerprint density at radius 2 is 2.17 bits per heavy atom. The van der Waals surface area contributed by atoms with Crippen molar-refractivity contribution in [3.8, 4) is 0 Å². The summed E-state index contributed by atoms with van der Waals surface area (Å²) >= 11 is 1.38. The molecule has 1 amide bonds. The third-order valence-electron chi connectivity index (χ3n) is 4.01. The van der Waals surface area contributed by atoms with E-state index < -0.39 is 0 Å². The van der Waals surface area contributed by atoms with E-state index in [4.69, 9.17) is 0 Å². The van der Waals surface area contributed by atoms with Crippen molar-refractivity contribution >= 4 is 28.6 Å². The molecular formula is C17H23N3O3S. The summed E-state index contributed by atoms with van der Waals surface area (Å²) in [5.41, 5.74) is 0.483. The van der Waals surface area contributed by atoms with Crippen molar-refractivity contribution in [1.82, 2.24) is 15.3 Å². The number of nitrogens with one attached hydrogen (secondary N) is 2. The third-order valence-corrected chi connectivity index (χ3v) is 4.95. The van der Waals surface area contributed by atoms with E-state index in [2.05, 4.69) is 15.3 Å². The standard InChI is InChI=1S/C17H23N3O3S/c1-3-11(2)14(8-21)19-16(22)10-24-9-15-18-13-7-5-4-6-12(13)17(23)20-15/h4-7,11,14,21H,3,8-10H2,1-2H3,(H,19,22)(H,18,20,23)/t11-,14-/m0/s1. The van der Waals surface area contributed by atoms with Crippen LogP contribution < -0.4 is 10.9 Å². The quantitative estimate of drug-likeness (QED) is 0.674. The molecule has 0 radical (unpaired) electrons. The van der Waals surface area contributed by atoms with Gasteiger partial charge in [0, 0.05) is 0 Å². The highest BCUT2D eigenvalue weighted by atomic mass is 32.2. The summed E-state index contributed by atoms with van der Waals surface area (Å²) in [7, 11) is 0. The third kappa shape index (κ3) is 4.82. The maximum absolute atomic E-state index is 12.0. The van der Waals surface area contributed by atoms with Crippen LogP contribution in [-0.2, 0) is 10.5 Å². The summed E-state index contributed by atoms with van der Waals surface area (Å²) < 4.78 is 0. The van der Waals surface area contributed by atoms with Crippen LogP contribution in [0.15, 0.2) is 29.1 Å². The molecule has 0 fully saturated rings. The number of carbonyl (C=O) groups is 1. The molecule has 0 aliphatic rings. The molecule has 130 valence electrons. The van der Waals surface area contributed by atoms with Gasteiger partial charge in [-0.1, -0.05) is 32.4 Å². The van der Waals surface area contributed by atoms with Gasteiger partial charge in [-0.3, -0.25) is 9.59 Å². The summed E-state index contributed by atoms with van der Waals surface area (Å²) in [5, 5.41) is 12.7. The molecule has 0 saturated heterocycles. The number of carbonyl (C=O) groups excluding carboxylic acids is 1. The number of nitrogens with zero attached hydrogens (tertiary/aromatic N) is 1. The molecule has 0 aliphatic heterocycles. The van der Waals surface area contributed by atoms with Gasteiger partial charge >= 0.3 is 0 Å². The van der Waals surface area contributed by atoms with Gasteiger partial charge in [0.1, 0.15) is 5.82 Å². The second-order valence-electron chi connectivity index (χ2n) is 5.76. The van der Waals surface area contributed by atoms with E-state index in [1.165, 1.54) is 11.8 Å². The second kappa shape index (κ2) is 8.84. The molecule has 0 bridgehead atoms. The minimum atomic E-state index is -0.221. The lowest BCUT2D eigenvalue weighted by Gasteiger charge is -2.21. The van der Waals surface area contributed by atoms with Crippen molar-refractivity contribution in [2.45, 2.75) is 32.1 Å². The number of aromatic nitrogens is 2. The molecule has 0 saturated carbocycles. The zero-order valence-electron chi connectivity index (χ0n) is 13.9. The summed E-state index contributed by atoms with van der Waals surface area (Å²) in [6.45, 7) is 3.96. The van der Waals surface area contributed by atoms with E-state index in [1.807, 2.05) is 19.9 Å². The van der Waals surface area contributed by atoms with Crippen LogP contribution in [0.25, 0.3) is 10.9 Å². The van der Waals surface area contributed by atoms with Crippen LogP contribution in [0.5, 0.6) is 0 Å². The summed E-state index contributed by atoms with van der Waals surface area (Å²) in [6, 6.07) is 6.94. The molecule has 1 aromatic heterocycles. The Morgan fingerprint density at radius 1 is 1.42 bits per heavy atom. The highest BCUT2D eigenvalue weighted by molar-refractivity contribution is 7.99. The number of fused-ring (bicyclic) bond motifs is 1. The number of benzene rings is 1. The lowest BCUT2D eigenvalue weighted by Crippen LogP contribution is -2.42. The normalized spacial score (nSPS) is 13.6. The average Bonchev–Trinajstić information content (AvgIpc) is 2.59. The maximum atomic E-state index is 12.0. The lowest BCUT2D eigenvalue weighted by molar-refractivity contribution is -0.119. The fourth-order valence-corrected chi connectivity index (χ4v) is 3.05. The van der Waals surface area contributed by atoms with Gasteiger partial charge in [-0.25, -0.2) is 4.98 Å². The smallest absolute Gasteiger partial charge is 0.258 e. The number of hydrogen-bond donors (Lipinski definition) is 3. The Kier molecular flexibility index (Phi) is 6.81. The van der Waals surface area contributed by atoms with Crippen LogP contribution in [0.3, 0.4) is 0 Å². The Morgan fingerprint density at radius 3 is 2.88 bits per heavy atom. The number of H-pyrrole nitrogens is 1. The molecule has 3 N–H and O–H groups in total. The van der Waals surface area contributed by atoms with Gasteiger partial charge in [-0.2, -0.15) is 0 Å². The molecule has 7 heteroatoms. The van der Waals surface area contributed by atoms with Crippen molar-refractivity contribution in [3.05, 3.63) is 40.4 Å². The van der Waals surface area contributed by atoms with E-state index in [0.717, 1.165) is 6.42 Å². The summed E-state index contributed by atoms with van der Waals surface area (Å²) in [5.74, 6) is 1.35. The first-order valence-electron chi connectivity index (χ1n) is 8.01. The second-order valence-corrected chi connectivity index (χ2v) is 6.75. The molecule has 0 spiro atoms. The number of aliphatic hydroxyl groups excluding tert-OH is 1. The lowest BCUT2D eigenvalue weighted by atomic mass is 10.00. The monoisotopic (exact) mass is 349 g/mol. The average molecular weight is 349 g/mol. The fourth-order valence-electron chi connectivity index (χ4n) is 2.34. The predicted octanol–water partition coefficient (Wildman–Crippen LogP) is 1.68. The van der Waals surface area contributed by atoms with E-state index in [1.54, 1.807) is 18.2 Å². The van der Waals surface area contributed by atoms with Gasteiger partial charge in [-0.15, -0.1) is 11.8 Å². The van der Waals surface area contributed by atoms with Crippen molar-refractivity contribution in [1.29, 1.82) is 0 Å². The van der Waals surface area contributed by atoms with Crippen LogP contribution >= 0.6 is 11.8 Å². The van der Waals surface area contributed by atoms with Crippen LogP contribution in [0.4, 0.5) is 0 Å². The van der Waals surface area contributed by atoms with Crippen molar-refractivity contribution in [2.75, 3.05) is 12.4 Å². The number of hydrogen-bond acceptors (Lipinski definition) is 5. The molecule has 2 aromatic rings. The van der Waals surface area contributed by atoms with Gasteiger partial charge in [-0.05, 0) is 18.1 Å². The van der Waals surface area contributed by atoms with Gasteiger partial charge in [0.2, 0.25) is 5.91 Å². The number of thioether (sulfide) groups is 1. The zero-order valence-corrected chi connectivity index (χ0v) is 14.7. The zero-order chi connectivity index (χ0) is 17.5. The van der Waals surface area contributed by atoms with E-state index in [9.17, 15) is 14.7 Å². The fraction of sp³-hybridized carbons (Fsp3) is 0.471. The highest BCUT2D eigenvalue weighted by Gasteiger charge is 2.17. The summed E-state index contributed by atoms with van der Waals surface area (Å²) in [4.78, 5) is 31.1. The molecule has 2 rings (SSSR count). The first kappa shape index (κ1) is 18.5. The van der Waals surface area contributed by atoms with E-state index >= 15 is 0 Å². The summed E-state index contributed by atoms with van der Waals surface area (Å²) in [6.07, 6.45) is 0.890. The molecule has 1 aromatic carbocycles. The topological polar surface area (TPSA) is 95.1 Å². The van der Waals surface area contributed by atoms with Crippen molar-refractivity contribution < 1.29 is 9.90 Å². The van der Waals surface area contributed by atoms with Crippen LogP contribution in [0.1, 0.15) is 26.1 Å². The van der Waals surface area contributed by atoms with Crippen LogP contribution in [0.2, 0.25) is 0 Å². The molecule has 6 nitrogen and oxygen atoms in total. The number of rotatable bonds is 8. The van der Waals surface area contributed by atoms with Gasteiger partial charge in [0.15, 0.2) is 0 Å². The minimum Gasteiger partial charge on any atom is -0.394 e. The van der Waals surface area contributed by atoms with Crippen molar-refractivity contribution in [2.24, 2.45) is 5.92 Å². The predicted molar refractivity (Wildman–Crippen MR) is 97.0 cm³/mol. The molecule has 0 unspecified atom stereocenters. The van der Waals surface area contributed by atoms with Gasteiger partial charge < -0.3 is 15.4 Å². The SMILES string of the molecule is CC[C@H](C)[C@H](CO)NC(=O)CSCc1nc2ccccc2c(=O)[nH]1.